The van der Waals surface area contributed by atoms with Crippen molar-refractivity contribution in [1.29, 1.82) is 0 Å². The van der Waals surface area contributed by atoms with Crippen molar-refractivity contribution in [2.45, 2.75) is 26.7 Å². The second-order valence-electron chi connectivity index (χ2n) is 5.11. The first-order chi connectivity index (χ1) is 10.0. The molecule has 0 saturated heterocycles. The molecule has 0 aliphatic rings. The second-order valence-corrected chi connectivity index (χ2v) is 5.11. The number of amides is 1. The molecule has 3 nitrogen and oxygen atoms in total. The van der Waals surface area contributed by atoms with Crippen LogP contribution in [0.2, 0.25) is 0 Å². The molecule has 108 valence electrons. The summed E-state index contributed by atoms with van der Waals surface area (Å²) in [6, 6.07) is 13.4. The first kappa shape index (κ1) is 15.0. The minimum Gasteiger partial charge on any atom is -0.366 e. The van der Waals surface area contributed by atoms with E-state index in [1.807, 2.05) is 44.2 Å². The maximum Gasteiger partial charge on any atom is 0.248 e. The summed E-state index contributed by atoms with van der Waals surface area (Å²) in [6.07, 6.45) is 1.09. The van der Waals surface area contributed by atoms with Crippen LogP contribution in [0.25, 0.3) is 0 Å². The molecule has 0 aromatic heterocycles. The molecular formula is C18H19NO2. The number of carbonyl (C=O) groups excluding carboxylic acids is 2. The van der Waals surface area contributed by atoms with Crippen molar-refractivity contribution in [3.8, 4) is 0 Å². The third-order valence-electron chi connectivity index (χ3n) is 3.66. The minimum atomic E-state index is -0.505. The fourth-order valence-electron chi connectivity index (χ4n) is 2.40. The molecule has 2 aromatic carbocycles. The Kier molecular flexibility index (Phi) is 4.53. The lowest BCUT2D eigenvalue weighted by Crippen LogP contribution is -2.14. The summed E-state index contributed by atoms with van der Waals surface area (Å²) in [4.78, 5) is 23.6. The molecular weight excluding hydrogens is 262 g/mol. The van der Waals surface area contributed by atoms with Crippen LogP contribution in [0.15, 0.2) is 42.5 Å². The van der Waals surface area contributed by atoms with Gasteiger partial charge in [0.1, 0.15) is 0 Å². The van der Waals surface area contributed by atoms with E-state index in [-0.39, 0.29) is 5.78 Å². The van der Waals surface area contributed by atoms with Crippen molar-refractivity contribution in [3.63, 3.8) is 0 Å². The zero-order chi connectivity index (χ0) is 15.4. The van der Waals surface area contributed by atoms with E-state index in [1.54, 1.807) is 12.1 Å². The summed E-state index contributed by atoms with van der Waals surface area (Å²) in [6.45, 7) is 3.74. The van der Waals surface area contributed by atoms with Crippen molar-refractivity contribution in [1.82, 2.24) is 0 Å². The molecule has 0 fully saturated rings. The first-order valence-electron chi connectivity index (χ1n) is 7.03. The molecule has 2 N–H and O–H groups in total. The molecule has 0 atom stereocenters. The van der Waals surface area contributed by atoms with Crippen LogP contribution in [0.5, 0.6) is 0 Å². The molecule has 3 heteroatoms. The van der Waals surface area contributed by atoms with Gasteiger partial charge in [-0.15, -0.1) is 0 Å². The Morgan fingerprint density at radius 3 is 2.33 bits per heavy atom. The van der Waals surface area contributed by atoms with Gasteiger partial charge < -0.3 is 5.73 Å². The van der Waals surface area contributed by atoms with Gasteiger partial charge in [-0.05, 0) is 42.2 Å². The highest BCUT2D eigenvalue weighted by atomic mass is 16.1. The number of Topliss-reactive ketones (excluding diaryl/α,β-unsaturated/α-hetero) is 1. The van der Waals surface area contributed by atoms with Gasteiger partial charge in [0.2, 0.25) is 5.91 Å². The Hall–Kier alpha value is -2.42. The normalized spacial score (nSPS) is 10.4. The summed E-state index contributed by atoms with van der Waals surface area (Å²) in [5, 5.41) is 0. The highest BCUT2D eigenvalue weighted by Gasteiger charge is 2.15. The van der Waals surface area contributed by atoms with Gasteiger partial charge in [-0.1, -0.05) is 37.3 Å². The lowest BCUT2D eigenvalue weighted by molar-refractivity contribution is 0.0987. The van der Waals surface area contributed by atoms with Gasteiger partial charge in [-0.25, -0.2) is 0 Å². The lowest BCUT2D eigenvalue weighted by atomic mass is 9.91. The molecule has 1 amide bonds. The average molecular weight is 281 g/mol. The van der Waals surface area contributed by atoms with Crippen LogP contribution >= 0.6 is 0 Å². The highest BCUT2D eigenvalue weighted by molar-refractivity contribution is 6.01. The van der Waals surface area contributed by atoms with E-state index in [4.69, 9.17) is 5.73 Å². The van der Waals surface area contributed by atoms with Gasteiger partial charge in [0.15, 0.2) is 5.78 Å². The van der Waals surface area contributed by atoms with E-state index in [9.17, 15) is 9.59 Å². The number of hydrogen-bond acceptors (Lipinski definition) is 2. The summed E-state index contributed by atoms with van der Waals surface area (Å²) in [7, 11) is 0. The molecule has 0 aliphatic carbocycles. The molecule has 0 radical (unpaired) electrons. The van der Waals surface area contributed by atoms with Crippen LogP contribution in [0, 0.1) is 6.92 Å². The summed E-state index contributed by atoms with van der Waals surface area (Å²) in [5.41, 5.74) is 9.41. The Balaban J connectivity index is 2.51. The highest BCUT2D eigenvalue weighted by Crippen LogP contribution is 2.21. The van der Waals surface area contributed by atoms with Gasteiger partial charge >= 0.3 is 0 Å². The lowest BCUT2D eigenvalue weighted by Gasteiger charge is -2.12. The van der Waals surface area contributed by atoms with Crippen LogP contribution in [0.4, 0.5) is 0 Å². The molecule has 2 rings (SSSR count). The second kappa shape index (κ2) is 6.35. The Labute approximate surface area is 124 Å². The van der Waals surface area contributed by atoms with Gasteiger partial charge in [-0.2, -0.15) is 0 Å². The van der Waals surface area contributed by atoms with Crippen LogP contribution < -0.4 is 5.73 Å². The number of ketones is 1. The summed E-state index contributed by atoms with van der Waals surface area (Å²) >= 11 is 0. The number of rotatable bonds is 5. The van der Waals surface area contributed by atoms with Crippen molar-refractivity contribution < 1.29 is 9.59 Å². The van der Waals surface area contributed by atoms with E-state index in [0.29, 0.717) is 24.0 Å². The molecule has 0 saturated carbocycles. The molecule has 0 unspecified atom stereocenters. The van der Waals surface area contributed by atoms with Crippen LogP contribution in [0.3, 0.4) is 0 Å². The third kappa shape index (κ3) is 3.37. The fraction of sp³-hybridized carbons (Fsp3) is 0.222. The zero-order valence-corrected chi connectivity index (χ0v) is 12.3. The Bertz CT molecular complexity index is 675. The Morgan fingerprint density at radius 1 is 1.10 bits per heavy atom. The zero-order valence-electron chi connectivity index (χ0n) is 12.3. The van der Waals surface area contributed by atoms with Crippen molar-refractivity contribution in [2.75, 3.05) is 0 Å². The van der Waals surface area contributed by atoms with Gasteiger partial charge in [0.05, 0.1) is 0 Å². The predicted octanol–water partition coefficient (Wildman–Crippen LogP) is 3.28. The largest absolute Gasteiger partial charge is 0.366 e. The van der Waals surface area contributed by atoms with Crippen LogP contribution in [-0.4, -0.2) is 11.7 Å². The first-order valence-corrected chi connectivity index (χ1v) is 7.03. The van der Waals surface area contributed by atoms with E-state index in [2.05, 4.69) is 0 Å². The molecule has 2 aromatic rings. The third-order valence-corrected chi connectivity index (χ3v) is 3.66. The number of primary amides is 1. The number of nitrogens with two attached hydrogens (primary N) is 1. The monoisotopic (exact) mass is 281 g/mol. The van der Waals surface area contributed by atoms with E-state index in [1.165, 1.54) is 0 Å². The predicted molar refractivity (Wildman–Crippen MR) is 83.6 cm³/mol. The SMILES string of the molecule is CCC(=O)c1cc(C(N)=O)cc(Cc2ccccc2)c1C. The standard InChI is InChI=1S/C18H19NO2/c1-3-17(20)16-11-15(18(19)21)10-14(12(16)2)9-13-7-5-4-6-8-13/h4-8,10-11H,3,9H2,1-2H3,(H2,19,21). The van der Waals surface area contributed by atoms with Gasteiger partial charge in [-0.3, -0.25) is 9.59 Å². The fourth-order valence-corrected chi connectivity index (χ4v) is 2.40. The topological polar surface area (TPSA) is 60.2 Å². The Morgan fingerprint density at radius 2 is 1.76 bits per heavy atom. The average Bonchev–Trinajstić information content (AvgIpc) is 2.49. The number of carbonyl (C=O) groups is 2. The number of hydrogen-bond donors (Lipinski definition) is 1. The van der Waals surface area contributed by atoms with E-state index >= 15 is 0 Å². The molecule has 0 heterocycles. The quantitative estimate of drug-likeness (QED) is 0.855. The molecule has 0 bridgehead atoms. The summed E-state index contributed by atoms with van der Waals surface area (Å²) < 4.78 is 0. The molecule has 0 spiro atoms. The van der Waals surface area contributed by atoms with Gasteiger partial charge in [0.25, 0.3) is 0 Å². The van der Waals surface area contributed by atoms with E-state index in [0.717, 1.165) is 16.7 Å². The van der Waals surface area contributed by atoms with E-state index < -0.39 is 5.91 Å². The van der Waals surface area contributed by atoms with Gasteiger partial charge in [0, 0.05) is 17.5 Å². The molecule has 21 heavy (non-hydrogen) atoms. The molecule has 0 aliphatic heterocycles. The minimum absolute atomic E-state index is 0.0323. The maximum absolute atomic E-state index is 12.1. The van der Waals surface area contributed by atoms with Crippen LogP contribution in [0.1, 0.15) is 50.8 Å². The van der Waals surface area contributed by atoms with Crippen molar-refractivity contribution >= 4 is 11.7 Å². The summed E-state index contributed by atoms with van der Waals surface area (Å²) in [5.74, 6) is -0.473. The van der Waals surface area contributed by atoms with Crippen molar-refractivity contribution in [2.24, 2.45) is 5.73 Å². The smallest absolute Gasteiger partial charge is 0.248 e. The van der Waals surface area contributed by atoms with Crippen molar-refractivity contribution in [3.05, 3.63) is 70.3 Å². The number of benzene rings is 2. The van der Waals surface area contributed by atoms with Crippen LogP contribution in [-0.2, 0) is 6.42 Å². The maximum atomic E-state index is 12.1.